The number of allylic oxidation sites excluding steroid dienone is 1. The lowest BCUT2D eigenvalue weighted by Crippen LogP contribution is -2.55. The van der Waals surface area contributed by atoms with Crippen LogP contribution in [0.2, 0.25) is 0 Å². The first-order valence-electron chi connectivity index (χ1n) is 11.2. The number of ether oxygens (including phenoxy) is 1. The standard InChI is InChI=1S/C24H32O2/c1-2-23-10-8-19-18-7-5-17(25)14-16(18)4-6-20(19)21(23)15-22(11-12-22)24(23)9-3-13-26-24/h3,9,14,18-21H,2,4-8,10-13,15H2,1H3/t18-,19?,20?,21?,23-,24-/m0/s1. The highest BCUT2D eigenvalue weighted by molar-refractivity contribution is 5.91. The van der Waals surface area contributed by atoms with Gasteiger partial charge in [-0.15, -0.1) is 0 Å². The summed E-state index contributed by atoms with van der Waals surface area (Å²) >= 11 is 0. The second-order valence-electron chi connectivity index (χ2n) is 10.3. The lowest BCUT2D eigenvalue weighted by Gasteiger charge is -2.57. The average molecular weight is 353 g/mol. The molecule has 6 rings (SSSR count). The van der Waals surface area contributed by atoms with Crippen molar-refractivity contribution in [2.24, 2.45) is 34.5 Å². The molecule has 0 aromatic carbocycles. The molecule has 2 heteroatoms. The van der Waals surface area contributed by atoms with E-state index in [1.165, 1.54) is 56.9 Å². The molecule has 0 saturated heterocycles. The Morgan fingerprint density at radius 3 is 2.73 bits per heavy atom. The molecule has 1 aliphatic heterocycles. The van der Waals surface area contributed by atoms with E-state index in [4.69, 9.17) is 4.74 Å². The molecular weight excluding hydrogens is 320 g/mol. The van der Waals surface area contributed by atoms with Gasteiger partial charge in [0.05, 0.1) is 12.2 Å². The van der Waals surface area contributed by atoms with Crippen LogP contribution in [0.15, 0.2) is 23.8 Å². The summed E-state index contributed by atoms with van der Waals surface area (Å²) in [6.07, 6.45) is 19.5. The van der Waals surface area contributed by atoms with Crippen LogP contribution in [0, 0.1) is 34.5 Å². The second kappa shape index (κ2) is 5.13. The number of hydrogen-bond donors (Lipinski definition) is 0. The summed E-state index contributed by atoms with van der Waals surface area (Å²) < 4.78 is 6.68. The zero-order chi connectivity index (χ0) is 17.6. The fourth-order valence-electron chi connectivity index (χ4n) is 8.81. The number of ketones is 1. The van der Waals surface area contributed by atoms with E-state index >= 15 is 0 Å². The SMILES string of the molecule is CC[C@]12CCC3C(CCC4=CC(=O)CC[C@@H]43)C1CC1(CC1)[C@@]21C=CCO1. The average Bonchev–Trinajstić information content (AvgIpc) is 3.19. The van der Waals surface area contributed by atoms with Crippen LogP contribution in [0.3, 0.4) is 0 Å². The summed E-state index contributed by atoms with van der Waals surface area (Å²) in [5.41, 5.74) is 2.41. The van der Waals surface area contributed by atoms with Gasteiger partial charge in [-0.3, -0.25) is 4.79 Å². The molecule has 1 heterocycles. The van der Waals surface area contributed by atoms with Gasteiger partial charge < -0.3 is 4.74 Å². The minimum atomic E-state index is 0.0586. The molecule has 0 radical (unpaired) electrons. The van der Waals surface area contributed by atoms with Crippen molar-refractivity contribution in [3.8, 4) is 0 Å². The van der Waals surface area contributed by atoms with Gasteiger partial charge in [0.25, 0.3) is 0 Å². The van der Waals surface area contributed by atoms with Gasteiger partial charge >= 0.3 is 0 Å². The topological polar surface area (TPSA) is 26.3 Å². The third-order valence-electron chi connectivity index (χ3n) is 9.89. The predicted octanol–water partition coefficient (Wildman–Crippen LogP) is 5.23. The zero-order valence-electron chi connectivity index (χ0n) is 16.1. The van der Waals surface area contributed by atoms with Crippen LogP contribution in [-0.4, -0.2) is 18.0 Å². The molecule has 0 amide bonds. The minimum Gasteiger partial charge on any atom is -0.366 e. The van der Waals surface area contributed by atoms with Gasteiger partial charge in [0.2, 0.25) is 0 Å². The van der Waals surface area contributed by atoms with Crippen molar-refractivity contribution in [3.63, 3.8) is 0 Å². The maximum Gasteiger partial charge on any atom is 0.155 e. The molecule has 6 atom stereocenters. The van der Waals surface area contributed by atoms with E-state index in [0.29, 0.717) is 22.5 Å². The van der Waals surface area contributed by atoms with Gasteiger partial charge in [0.15, 0.2) is 5.78 Å². The van der Waals surface area contributed by atoms with Crippen LogP contribution in [0.25, 0.3) is 0 Å². The highest BCUT2D eigenvalue weighted by Gasteiger charge is 2.77. The summed E-state index contributed by atoms with van der Waals surface area (Å²) in [5.74, 6) is 3.65. The normalized spacial score (nSPS) is 50.5. The molecule has 140 valence electrons. The monoisotopic (exact) mass is 352 g/mol. The van der Waals surface area contributed by atoms with Crippen LogP contribution in [0.5, 0.6) is 0 Å². The van der Waals surface area contributed by atoms with Crippen LogP contribution in [0.4, 0.5) is 0 Å². The van der Waals surface area contributed by atoms with Crippen LogP contribution in [-0.2, 0) is 9.53 Å². The van der Waals surface area contributed by atoms with Gasteiger partial charge in [-0.25, -0.2) is 0 Å². The zero-order valence-corrected chi connectivity index (χ0v) is 16.1. The van der Waals surface area contributed by atoms with E-state index in [1.807, 2.05) is 6.08 Å². The number of hydrogen-bond acceptors (Lipinski definition) is 2. The lowest BCUT2D eigenvalue weighted by molar-refractivity contribution is -0.140. The molecule has 3 unspecified atom stereocenters. The molecular formula is C24H32O2. The number of fused-ring (bicyclic) bond motifs is 7. The maximum atomic E-state index is 11.9. The summed E-state index contributed by atoms with van der Waals surface area (Å²) in [6.45, 7) is 3.28. The first-order valence-corrected chi connectivity index (χ1v) is 11.2. The number of rotatable bonds is 1. The quantitative estimate of drug-likeness (QED) is 0.604. The Kier molecular flexibility index (Phi) is 3.18. The van der Waals surface area contributed by atoms with Crippen LogP contribution >= 0.6 is 0 Å². The Labute approximate surface area is 157 Å². The van der Waals surface area contributed by atoms with Gasteiger partial charge in [0.1, 0.15) is 0 Å². The van der Waals surface area contributed by atoms with Crippen molar-refractivity contribution < 1.29 is 9.53 Å². The summed E-state index contributed by atoms with van der Waals surface area (Å²) in [4.78, 5) is 11.9. The third-order valence-corrected chi connectivity index (χ3v) is 9.89. The van der Waals surface area contributed by atoms with E-state index in [2.05, 4.69) is 19.1 Å². The molecule has 4 saturated carbocycles. The summed E-state index contributed by atoms with van der Waals surface area (Å²) in [6, 6.07) is 0. The Morgan fingerprint density at radius 2 is 2.00 bits per heavy atom. The van der Waals surface area contributed by atoms with Crippen molar-refractivity contribution in [3.05, 3.63) is 23.8 Å². The third kappa shape index (κ3) is 1.72. The van der Waals surface area contributed by atoms with Gasteiger partial charge in [-0.05, 0) is 87.5 Å². The van der Waals surface area contributed by atoms with Crippen molar-refractivity contribution >= 4 is 5.78 Å². The molecule has 2 nitrogen and oxygen atoms in total. The van der Waals surface area contributed by atoms with Crippen molar-refractivity contribution in [1.29, 1.82) is 0 Å². The fraction of sp³-hybridized carbons (Fsp3) is 0.792. The minimum absolute atomic E-state index is 0.0586. The van der Waals surface area contributed by atoms with Crippen molar-refractivity contribution in [2.75, 3.05) is 6.61 Å². The number of carbonyl (C=O) groups is 1. The van der Waals surface area contributed by atoms with Gasteiger partial charge in [-0.2, -0.15) is 0 Å². The van der Waals surface area contributed by atoms with Crippen LogP contribution < -0.4 is 0 Å². The highest BCUT2D eigenvalue weighted by Crippen LogP contribution is 2.79. The highest BCUT2D eigenvalue weighted by atomic mass is 16.5. The molecule has 26 heavy (non-hydrogen) atoms. The van der Waals surface area contributed by atoms with E-state index in [-0.39, 0.29) is 5.60 Å². The molecule has 4 fully saturated rings. The maximum absolute atomic E-state index is 11.9. The molecule has 0 aromatic rings. The van der Waals surface area contributed by atoms with E-state index in [9.17, 15) is 4.79 Å². The van der Waals surface area contributed by atoms with Gasteiger partial charge in [-0.1, -0.05) is 24.6 Å². The van der Waals surface area contributed by atoms with E-state index < -0.39 is 0 Å². The molecule has 5 aliphatic carbocycles. The summed E-state index contributed by atoms with van der Waals surface area (Å²) in [5, 5.41) is 0. The largest absolute Gasteiger partial charge is 0.366 e. The molecule has 2 spiro atoms. The summed E-state index contributed by atoms with van der Waals surface area (Å²) in [7, 11) is 0. The second-order valence-corrected chi connectivity index (χ2v) is 10.3. The number of carbonyl (C=O) groups excluding carboxylic acids is 1. The first-order chi connectivity index (χ1) is 12.6. The Balaban J connectivity index is 1.41. The Hall–Kier alpha value is -0.890. The molecule has 0 aromatic heterocycles. The predicted molar refractivity (Wildman–Crippen MR) is 102 cm³/mol. The fourth-order valence-corrected chi connectivity index (χ4v) is 8.81. The Bertz CT molecular complexity index is 714. The molecule has 0 bridgehead atoms. The van der Waals surface area contributed by atoms with Crippen LogP contribution in [0.1, 0.15) is 71.1 Å². The molecule has 6 aliphatic rings. The first kappa shape index (κ1) is 16.1. The van der Waals surface area contributed by atoms with E-state index in [1.54, 1.807) is 0 Å². The Morgan fingerprint density at radius 1 is 1.12 bits per heavy atom. The van der Waals surface area contributed by atoms with E-state index in [0.717, 1.165) is 37.2 Å². The lowest BCUT2D eigenvalue weighted by atomic mass is 9.49. The molecule has 0 N–H and O–H groups in total. The smallest absolute Gasteiger partial charge is 0.155 e. The van der Waals surface area contributed by atoms with Gasteiger partial charge in [0, 0.05) is 17.3 Å². The van der Waals surface area contributed by atoms with Crippen molar-refractivity contribution in [2.45, 2.75) is 76.7 Å². The van der Waals surface area contributed by atoms with Crippen molar-refractivity contribution in [1.82, 2.24) is 0 Å².